The lowest BCUT2D eigenvalue weighted by atomic mass is 9.89. The lowest BCUT2D eigenvalue weighted by Gasteiger charge is -2.30. The molecule has 0 spiro atoms. The van der Waals surface area contributed by atoms with Crippen LogP contribution in [-0.4, -0.2) is 23.1 Å². The van der Waals surface area contributed by atoms with E-state index < -0.39 is 0 Å². The van der Waals surface area contributed by atoms with Crippen molar-refractivity contribution in [3.63, 3.8) is 0 Å². The van der Waals surface area contributed by atoms with Crippen LogP contribution in [0.25, 0.3) is 17.0 Å². The highest BCUT2D eigenvalue weighted by atomic mass is 35.5. The SMILES string of the molecule is CCN1C(=O)NCc2c(NC(=O)/C=C/c3cc4cc(Cl)ccc4n3CC3CCCCC3)cccc21. The molecule has 6 nitrogen and oxygen atoms in total. The molecule has 7 heteroatoms. The van der Waals surface area contributed by atoms with Gasteiger partial charge in [-0.1, -0.05) is 36.9 Å². The van der Waals surface area contributed by atoms with E-state index in [0.29, 0.717) is 29.7 Å². The number of carbonyl (C=O) groups excluding carboxylic acids is 2. The molecular formula is C28H31ClN4O2. The van der Waals surface area contributed by atoms with Crippen LogP contribution in [0.15, 0.2) is 48.5 Å². The predicted octanol–water partition coefficient (Wildman–Crippen LogP) is 6.58. The molecule has 0 saturated heterocycles. The largest absolute Gasteiger partial charge is 0.341 e. The summed E-state index contributed by atoms with van der Waals surface area (Å²) in [5.74, 6) is 0.453. The van der Waals surface area contributed by atoms with E-state index in [1.807, 2.05) is 43.3 Å². The van der Waals surface area contributed by atoms with Gasteiger partial charge in [-0.3, -0.25) is 9.69 Å². The summed E-state index contributed by atoms with van der Waals surface area (Å²) < 4.78 is 2.32. The number of hydrogen-bond donors (Lipinski definition) is 2. The molecule has 1 aromatic heterocycles. The lowest BCUT2D eigenvalue weighted by molar-refractivity contribution is -0.111. The minimum Gasteiger partial charge on any atom is -0.341 e. The summed E-state index contributed by atoms with van der Waals surface area (Å²) in [4.78, 5) is 26.8. The van der Waals surface area contributed by atoms with Gasteiger partial charge in [-0.05, 0) is 68.2 Å². The summed E-state index contributed by atoms with van der Waals surface area (Å²) >= 11 is 6.26. The van der Waals surface area contributed by atoms with Crippen molar-refractivity contribution in [2.45, 2.75) is 52.1 Å². The molecule has 1 saturated carbocycles. The Labute approximate surface area is 210 Å². The maximum atomic E-state index is 12.9. The number of nitrogens with one attached hydrogen (secondary N) is 2. The topological polar surface area (TPSA) is 66.4 Å². The fourth-order valence-corrected chi connectivity index (χ4v) is 5.56. The van der Waals surface area contributed by atoms with Crippen molar-refractivity contribution >= 4 is 51.9 Å². The molecule has 0 unspecified atom stereocenters. The first-order valence-electron chi connectivity index (χ1n) is 12.5. The zero-order valence-corrected chi connectivity index (χ0v) is 20.8. The Morgan fingerprint density at radius 3 is 2.80 bits per heavy atom. The number of halogens is 1. The van der Waals surface area contributed by atoms with Crippen molar-refractivity contribution in [1.29, 1.82) is 0 Å². The van der Waals surface area contributed by atoms with Crippen LogP contribution >= 0.6 is 11.6 Å². The van der Waals surface area contributed by atoms with E-state index in [4.69, 9.17) is 11.6 Å². The minimum absolute atomic E-state index is 0.116. The molecule has 182 valence electrons. The molecular weight excluding hydrogens is 460 g/mol. The molecule has 1 fully saturated rings. The van der Waals surface area contributed by atoms with Gasteiger partial charge in [0.15, 0.2) is 0 Å². The van der Waals surface area contributed by atoms with Crippen molar-refractivity contribution in [3.8, 4) is 0 Å². The second kappa shape index (κ2) is 10.2. The van der Waals surface area contributed by atoms with E-state index in [2.05, 4.69) is 27.3 Å². The Kier molecular flexibility index (Phi) is 6.82. The van der Waals surface area contributed by atoms with Crippen LogP contribution in [0.2, 0.25) is 5.02 Å². The molecule has 0 radical (unpaired) electrons. The minimum atomic E-state index is -0.203. The van der Waals surface area contributed by atoms with Crippen molar-refractivity contribution < 1.29 is 9.59 Å². The average molecular weight is 491 g/mol. The van der Waals surface area contributed by atoms with Gasteiger partial charge < -0.3 is 15.2 Å². The van der Waals surface area contributed by atoms with E-state index in [1.165, 1.54) is 32.1 Å². The lowest BCUT2D eigenvalue weighted by Crippen LogP contribution is -2.44. The van der Waals surface area contributed by atoms with Gasteiger partial charge in [-0.2, -0.15) is 0 Å². The van der Waals surface area contributed by atoms with Gasteiger partial charge in [-0.25, -0.2) is 4.79 Å². The van der Waals surface area contributed by atoms with E-state index in [0.717, 1.165) is 34.4 Å². The highest BCUT2D eigenvalue weighted by molar-refractivity contribution is 6.31. The number of benzene rings is 2. The van der Waals surface area contributed by atoms with Crippen LogP contribution in [0.1, 0.15) is 50.3 Å². The van der Waals surface area contributed by atoms with E-state index in [9.17, 15) is 9.59 Å². The number of hydrogen-bond acceptors (Lipinski definition) is 2. The maximum Gasteiger partial charge on any atom is 0.322 e. The number of amides is 3. The van der Waals surface area contributed by atoms with Crippen LogP contribution in [0, 0.1) is 5.92 Å². The first kappa shape index (κ1) is 23.5. The van der Waals surface area contributed by atoms with Crippen LogP contribution in [0.4, 0.5) is 16.2 Å². The molecule has 3 aromatic rings. The van der Waals surface area contributed by atoms with Crippen LogP contribution < -0.4 is 15.5 Å². The molecule has 0 bridgehead atoms. The summed E-state index contributed by atoms with van der Waals surface area (Å²) in [6.45, 7) is 3.83. The fraction of sp³-hybridized carbons (Fsp3) is 0.357. The number of carbonyl (C=O) groups is 2. The van der Waals surface area contributed by atoms with Crippen molar-refractivity contribution in [2.75, 3.05) is 16.8 Å². The quantitative estimate of drug-likeness (QED) is 0.383. The summed E-state index contributed by atoms with van der Waals surface area (Å²) in [5.41, 5.74) is 4.61. The Morgan fingerprint density at radius 1 is 1.17 bits per heavy atom. The maximum absolute atomic E-state index is 12.9. The molecule has 0 atom stereocenters. The Hall–Kier alpha value is -3.25. The first-order valence-corrected chi connectivity index (χ1v) is 12.9. The highest BCUT2D eigenvalue weighted by Crippen LogP contribution is 2.32. The van der Waals surface area contributed by atoms with Crippen LogP contribution in [0.5, 0.6) is 0 Å². The van der Waals surface area contributed by atoms with Gasteiger partial charge in [-0.15, -0.1) is 0 Å². The number of anilines is 2. The molecule has 1 aliphatic heterocycles. The normalized spacial score (nSPS) is 16.5. The second-order valence-electron chi connectivity index (χ2n) is 9.42. The first-order chi connectivity index (χ1) is 17.0. The van der Waals surface area contributed by atoms with Crippen molar-refractivity contribution in [2.24, 2.45) is 5.92 Å². The molecule has 2 aromatic carbocycles. The second-order valence-corrected chi connectivity index (χ2v) is 9.85. The van der Waals surface area contributed by atoms with Gasteiger partial charge in [0.25, 0.3) is 0 Å². The third kappa shape index (κ3) is 4.94. The Bertz CT molecular complexity index is 1290. The third-order valence-electron chi connectivity index (χ3n) is 7.14. The van der Waals surface area contributed by atoms with Gasteiger partial charge in [0.1, 0.15) is 0 Å². The van der Waals surface area contributed by atoms with Gasteiger partial charge >= 0.3 is 6.03 Å². The molecule has 1 aliphatic carbocycles. The summed E-state index contributed by atoms with van der Waals surface area (Å²) in [5, 5.41) is 7.68. The number of aromatic nitrogens is 1. The average Bonchev–Trinajstić information content (AvgIpc) is 3.19. The molecule has 2 aliphatic rings. The van der Waals surface area contributed by atoms with E-state index >= 15 is 0 Å². The summed E-state index contributed by atoms with van der Waals surface area (Å²) in [7, 11) is 0. The number of nitrogens with zero attached hydrogens (tertiary/aromatic N) is 2. The predicted molar refractivity (Wildman–Crippen MR) is 143 cm³/mol. The van der Waals surface area contributed by atoms with Crippen molar-refractivity contribution in [1.82, 2.24) is 9.88 Å². The Morgan fingerprint density at radius 2 is 2.00 bits per heavy atom. The third-order valence-corrected chi connectivity index (χ3v) is 7.38. The van der Waals surface area contributed by atoms with Gasteiger partial charge in [0.2, 0.25) is 5.91 Å². The van der Waals surface area contributed by atoms with E-state index in [1.54, 1.807) is 11.0 Å². The fourth-order valence-electron chi connectivity index (χ4n) is 5.38. The van der Waals surface area contributed by atoms with Crippen molar-refractivity contribution in [3.05, 3.63) is 64.8 Å². The molecule has 2 heterocycles. The smallest absolute Gasteiger partial charge is 0.322 e. The Balaban J connectivity index is 1.39. The summed E-state index contributed by atoms with van der Waals surface area (Å²) in [6.07, 6.45) is 9.89. The number of rotatable bonds is 6. The molecule has 5 rings (SSSR count). The van der Waals surface area contributed by atoms with Gasteiger partial charge in [0.05, 0.1) is 5.69 Å². The standard InChI is InChI=1S/C28H31ClN4O2/c1-2-32-26-10-6-9-24(23(26)17-30-28(32)35)31-27(34)14-12-22-16-20-15-21(29)11-13-25(20)33(22)18-19-7-4-3-5-8-19/h6,9-16,19H,2-5,7-8,17-18H2,1H3,(H,30,35)(H,31,34)/b14-12+. The summed E-state index contributed by atoms with van der Waals surface area (Å²) in [6, 6.07) is 13.6. The monoisotopic (exact) mass is 490 g/mol. The molecule has 3 amide bonds. The molecule has 35 heavy (non-hydrogen) atoms. The highest BCUT2D eigenvalue weighted by Gasteiger charge is 2.24. The van der Waals surface area contributed by atoms with Gasteiger partial charge in [0, 0.05) is 58.6 Å². The van der Waals surface area contributed by atoms with Crippen LogP contribution in [0.3, 0.4) is 0 Å². The zero-order chi connectivity index (χ0) is 24.4. The zero-order valence-electron chi connectivity index (χ0n) is 20.0. The number of urea groups is 1. The van der Waals surface area contributed by atoms with E-state index in [-0.39, 0.29) is 11.9 Å². The van der Waals surface area contributed by atoms with Crippen LogP contribution in [-0.2, 0) is 17.9 Å². The number of fused-ring (bicyclic) bond motifs is 2. The molecule has 2 N–H and O–H groups in total.